The molecule has 0 aromatic carbocycles. The van der Waals surface area contributed by atoms with Crippen LogP contribution in [0, 0.1) is 0 Å². The molecule has 136 valence electrons. The molecule has 0 saturated carbocycles. The van der Waals surface area contributed by atoms with E-state index in [2.05, 4.69) is 13.5 Å². The Hall–Kier alpha value is -1.29. The van der Waals surface area contributed by atoms with Crippen molar-refractivity contribution in [3.63, 3.8) is 0 Å². The standard InChI is InChI=1S/C14H18F5N3OS/c1-2-3-4-7-13(15,16)23-12-11(20-24-21-12)10-6-5-8-22(9-10)14(17,18)19/h6H,2-5,7-9H2,1H3. The van der Waals surface area contributed by atoms with Crippen molar-refractivity contribution < 1.29 is 26.7 Å². The van der Waals surface area contributed by atoms with Crippen LogP contribution in [0.4, 0.5) is 22.0 Å². The highest BCUT2D eigenvalue weighted by molar-refractivity contribution is 6.99. The van der Waals surface area contributed by atoms with Crippen LogP contribution in [-0.4, -0.2) is 39.1 Å². The number of unbranched alkanes of at least 4 members (excludes halogenated alkanes) is 2. The van der Waals surface area contributed by atoms with Crippen LogP contribution in [0.3, 0.4) is 0 Å². The van der Waals surface area contributed by atoms with Crippen LogP contribution in [0.25, 0.3) is 5.57 Å². The fraction of sp³-hybridized carbons (Fsp3) is 0.714. The minimum absolute atomic E-state index is 0.0379. The van der Waals surface area contributed by atoms with E-state index in [1.165, 1.54) is 0 Å². The van der Waals surface area contributed by atoms with Crippen molar-refractivity contribution in [1.29, 1.82) is 0 Å². The molecule has 0 spiro atoms. The molecule has 2 heterocycles. The largest absolute Gasteiger partial charge is 0.460 e. The maximum atomic E-state index is 13.8. The molecule has 0 saturated heterocycles. The van der Waals surface area contributed by atoms with Crippen LogP contribution < -0.4 is 4.74 Å². The topological polar surface area (TPSA) is 38.3 Å². The number of hydrogen-bond donors (Lipinski definition) is 0. The minimum Gasteiger partial charge on any atom is -0.411 e. The third kappa shape index (κ3) is 5.10. The van der Waals surface area contributed by atoms with Gasteiger partial charge < -0.3 is 4.74 Å². The molecule has 0 atom stereocenters. The van der Waals surface area contributed by atoms with Gasteiger partial charge in [-0.15, -0.1) is 4.37 Å². The van der Waals surface area contributed by atoms with Gasteiger partial charge >= 0.3 is 12.4 Å². The normalized spacial score (nSPS) is 17.0. The van der Waals surface area contributed by atoms with Gasteiger partial charge in [-0.3, -0.25) is 0 Å². The van der Waals surface area contributed by atoms with E-state index in [0.717, 1.165) is 6.42 Å². The lowest BCUT2D eigenvalue weighted by Gasteiger charge is -2.28. The zero-order valence-corrected chi connectivity index (χ0v) is 13.9. The van der Waals surface area contributed by atoms with E-state index >= 15 is 0 Å². The molecule has 0 radical (unpaired) electrons. The first-order valence-corrected chi connectivity index (χ1v) is 8.36. The molecule has 24 heavy (non-hydrogen) atoms. The molecular formula is C14H18F5N3OS. The maximum Gasteiger partial charge on any atom is 0.460 e. The van der Waals surface area contributed by atoms with E-state index in [0.29, 0.717) is 29.5 Å². The predicted octanol–water partition coefficient (Wildman–Crippen LogP) is 4.70. The third-order valence-electron chi connectivity index (χ3n) is 3.59. The highest BCUT2D eigenvalue weighted by Gasteiger charge is 2.40. The van der Waals surface area contributed by atoms with Gasteiger partial charge in [-0.2, -0.15) is 26.3 Å². The van der Waals surface area contributed by atoms with E-state index in [-0.39, 0.29) is 24.2 Å². The molecule has 2 rings (SSSR count). The van der Waals surface area contributed by atoms with Gasteiger partial charge in [0.1, 0.15) is 5.69 Å². The summed E-state index contributed by atoms with van der Waals surface area (Å²) in [6.07, 6.45) is -4.93. The zero-order chi connectivity index (χ0) is 17.8. The monoisotopic (exact) mass is 371 g/mol. The quantitative estimate of drug-likeness (QED) is 0.396. The highest BCUT2D eigenvalue weighted by atomic mass is 32.1. The summed E-state index contributed by atoms with van der Waals surface area (Å²) in [5.41, 5.74) is 0.163. The smallest absolute Gasteiger partial charge is 0.411 e. The van der Waals surface area contributed by atoms with Crippen molar-refractivity contribution in [3.05, 3.63) is 11.8 Å². The first-order chi connectivity index (χ1) is 11.2. The second kappa shape index (κ2) is 7.73. The number of aromatic nitrogens is 2. The van der Waals surface area contributed by atoms with Gasteiger partial charge in [0.15, 0.2) is 0 Å². The summed E-state index contributed by atoms with van der Waals surface area (Å²) < 4.78 is 78.3. The van der Waals surface area contributed by atoms with Crippen molar-refractivity contribution in [1.82, 2.24) is 13.6 Å². The molecule has 0 bridgehead atoms. The van der Waals surface area contributed by atoms with Gasteiger partial charge in [-0.1, -0.05) is 25.8 Å². The van der Waals surface area contributed by atoms with Crippen LogP contribution in [0.2, 0.25) is 0 Å². The molecule has 10 heteroatoms. The number of hydrogen-bond acceptors (Lipinski definition) is 5. The van der Waals surface area contributed by atoms with Crippen LogP contribution in [-0.2, 0) is 0 Å². The Morgan fingerprint density at radius 1 is 1.21 bits per heavy atom. The molecule has 0 amide bonds. The van der Waals surface area contributed by atoms with E-state index in [4.69, 9.17) is 0 Å². The molecule has 0 unspecified atom stereocenters. The van der Waals surface area contributed by atoms with Gasteiger partial charge in [-0.05, 0) is 18.4 Å². The lowest BCUT2D eigenvalue weighted by Crippen LogP contribution is -2.41. The third-order valence-corrected chi connectivity index (χ3v) is 4.10. The second-order valence-corrected chi connectivity index (χ2v) is 6.05. The van der Waals surface area contributed by atoms with E-state index in [1.807, 2.05) is 6.92 Å². The summed E-state index contributed by atoms with van der Waals surface area (Å²) in [7, 11) is 0. The van der Waals surface area contributed by atoms with E-state index in [1.54, 1.807) is 6.08 Å². The summed E-state index contributed by atoms with van der Waals surface area (Å²) in [5, 5.41) is 0. The van der Waals surface area contributed by atoms with Crippen molar-refractivity contribution >= 4 is 17.3 Å². The molecule has 1 aliphatic heterocycles. The number of alkyl halides is 5. The van der Waals surface area contributed by atoms with Crippen molar-refractivity contribution in [2.45, 2.75) is 51.4 Å². The number of rotatable bonds is 7. The van der Waals surface area contributed by atoms with Crippen LogP contribution in [0.1, 0.15) is 44.7 Å². The number of nitrogens with zero attached hydrogens (tertiary/aromatic N) is 3. The molecule has 4 nitrogen and oxygen atoms in total. The van der Waals surface area contributed by atoms with Gasteiger partial charge in [-0.25, -0.2) is 4.90 Å². The van der Waals surface area contributed by atoms with Crippen LogP contribution in [0.15, 0.2) is 6.08 Å². The van der Waals surface area contributed by atoms with Crippen molar-refractivity contribution in [2.24, 2.45) is 0 Å². The lowest BCUT2D eigenvalue weighted by molar-refractivity contribution is -0.241. The first kappa shape index (κ1) is 19.0. The summed E-state index contributed by atoms with van der Waals surface area (Å²) >= 11 is 0.639. The molecular weight excluding hydrogens is 353 g/mol. The van der Waals surface area contributed by atoms with Crippen LogP contribution in [0.5, 0.6) is 5.88 Å². The molecule has 0 fully saturated rings. The van der Waals surface area contributed by atoms with Crippen molar-refractivity contribution in [3.8, 4) is 5.88 Å². The van der Waals surface area contributed by atoms with Gasteiger partial charge in [0, 0.05) is 13.1 Å². The Bertz CT molecular complexity index is 573. The number of halogens is 5. The Balaban J connectivity index is 2.08. The van der Waals surface area contributed by atoms with E-state index < -0.39 is 31.3 Å². The average molecular weight is 371 g/mol. The second-order valence-electron chi connectivity index (χ2n) is 5.52. The van der Waals surface area contributed by atoms with Gasteiger partial charge in [0.05, 0.1) is 18.1 Å². The number of ether oxygens (including phenoxy) is 1. The lowest BCUT2D eigenvalue weighted by atomic mass is 10.1. The molecule has 0 aliphatic carbocycles. The summed E-state index contributed by atoms with van der Waals surface area (Å²) in [4.78, 5) is 0.310. The molecule has 1 aliphatic rings. The Labute approximate surface area is 140 Å². The van der Waals surface area contributed by atoms with E-state index in [9.17, 15) is 22.0 Å². The fourth-order valence-electron chi connectivity index (χ4n) is 2.35. The first-order valence-electron chi connectivity index (χ1n) is 7.63. The zero-order valence-electron chi connectivity index (χ0n) is 13.1. The van der Waals surface area contributed by atoms with Gasteiger partial charge in [0.2, 0.25) is 0 Å². The van der Waals surface area contributed by atoms with Crippen LogP contribution >= 0.6 is 11.7 Å². The SMILES string of the molecule is CCCCCC(F)(F)Oc1nsnc1C1=CCCN(C(F)(F)F)C1. The Morgan fingerprint density at radius 3 is 2.62 bits per heavy atom. The molecule has 0 N–H and O–H groups in total. The summed E-state index contributed by atoms with van der Waals surface area (Å²) in [6, 6.07) is 0. The summed E-state index contributed by atoms with van der Waals surface area (Å²) in [5.74, 6) is -0.406. The van der Waals surface area contributed by atoms with Crippen molar-refractivity contribution in [2.75, 3.05) is 13.1 Å². The maximum absolute atomic E-state index is 13.8. The van der Waals surface area contributed by atoms with Gasteiger partial charge in [0.25, 0.3) is 5.88 Å². The fourth-order valence-corrected chi connectivity index (χ4v) is 2.86. The Morgan fingerprint density at radius 2 is 1.96 bits per heavy atom. The molecule has 1 aromatic heterocycles. The Kier molecular flexibility index (Phi) is 6.13. The average Bonchev–Trinajstić information content (AvgIpc) is 2.94. The molecule has 1 aromatic rings. The predicted molar refractivity (Wildman–Crippen MR) is 79.8 cm³/mol. The summed E-state index contributed by atoms with van der Waals surface area (Å²) in [6.45, 7) is 1.27. The highest BCUT2D eigenvalue weighted by Crippen LogP contribution is 2.34. The minimum atomic E-state index is -4.48.